The minimum absolute atomic E-state index is 0.0424. The average Bonchev–Trinajstić information content (AvgIpc) is 3.20. The molecule has 0 radical (unpaired) electrons. The predicted molar refractivity (Wildman–Crippen MR) is 146 cm³/mol. The number of para-hydroxylation sites is 1. The lowest BCUT2D eigenvalue weighted by molar-refractivity contribution is -0.127. The molecule has 0 unspecified atom stereocenters. The summed E-state index contributed by atoms with van der Waals surface area (Å²) in [4.78, 5) is 38.9. The third kappa shape index (κ3) is 6.43. The maximum Gasteiger partial charge on any atom is 0.329 e. The van der Waals surface area contributed by atoms with Crippen molar-refractivity contribution in [1.29, 1.82) is 5.26 Å². The van der Waals surface area contributed by atoms with Crippen molar-refractivity contribution < 1.29 is 23.9 Å². The van der Waals surface area contributed by atoms with Gasteiger partial charge in [-0.2, -0.15) is 5.26 Å². The molecule has 4 rings (SSSR count). The topological polar surface area (TPSA) is 121 Å². The van der Waals surface area contributed by atoms with E-state index in [4.69, 9.17) is 9.47 Å². The zero-order valence-electron chi connectivity index (χ0n) is 21.7. The Morgan fingerprint density at radius 3 is 2.49 bits per heavy atom. The number of carbonyl (C=O) groups is 3. The molecule has 0 bridgehead atoms. The Balaban J connectivity index is 1.46. The van der Waals surface area contributed by atoms with Crippen LogP contribution in [-0.4, -0.2) is 35.9 Å². The molecular formula is C30H28N4O5. The molecule has 198 valence electrons. The van der Waals surface area contributed by atoms with E-state index in [2.05, 4.69) is 16.7 Å². The molecule has 1 aliphatic rings. The molecule has 9 heteroatoms. The molecule has 1 fully saturated rings. The number of nitrogens with zero attached hydrogens (tertiary/aromatic N) is 2. The fraction of sp³-hybridized carbons (Fsp3) is 0.200. The van der Waals surface area contributed by atoms with Gasteiger partial charge in [0.15, 0.2) is 11.5 Å². The van der Waals surface area contributed by atoms with E-state index in [1.54, 1.807) is 42.5 Å². The molecule has 0 atom stereocenters. The Morgan fingerprint density at radius 1 is 1.00 bits per heavy atom. The van der Waals surface area contributed by atoms with Crippen molar-refractivity contribution in [2.45, 2.75) is 26.9 Å². The van der Waals surface area contributed by atoms with Gasteiger partial charge in [0.1, 0.15) is 18.8 Å². The maximum absolute atomic E-state index is 12.9. The zero-order valence-corrected chi connectivity index (χ0v) is 21.7. The molecule has 0 aliphatic carbocycles. The first kappa shape index (κ1) is 26.9. The number of benzene rings is 3. The lowest BCUT2D eigenvalue weighted by Gasteiger charge is -2.14. The number of aryl methyl sites for hydroxylation is 1. The van der Waals surface area contributed by atoms with Crippen LogP contribution in [0.2, 0.25) is 0 Å². The van der Waals surface area contributed by atoms with Crippen molar-refractivity contribution in [3.8, 4) is 17.6 Å². The average molecular weight is 525 g/mol. The summed E-state index contributed by atoms with van der Waals surface area (Å²) in [5, 5.41) is 14.6. The number of hydrogen-bond acceptors (Lipinski definition) is 6. The molecule has 2 N–H and O–H groups in total. The number of ether oxygens (including phenoxy) is 2. The molecule has 1 heterocycles. The fourth-order valence-corrected chi connectivity index (χ4v) is 4.08. The summed E-state index contributed by atoms with van der Waals surface area (Å²) in [5.74, 6) is -0.160. The number of nitrogens with one attached hydrogen (secondary N) is 2. The van der Waals surface area contributed by atoms with Gasteiger partial charge in [-0.15, -0.1) is 0 Å². The number of hydrogen-bond donors (Lipinski definition) is 2. The van der Waals surface area contributed by atoms with E-state index in [0.29, 0.717) is 34.9 Å². The highest BCUT2D eigenvalue weighted by Gasteiger charge is 2.35. The molecule has 0 aromatic heterocycles. The second kappa shape index (κ2) is 12.4. The number of anilines is 1. The first-order valence-electron chi connectivity index (χ1n) is 12.5. The van der Waals surface area contributed by atoms with Crippen LogP contribution in [0.5, 0.6) is 11.5 Å². The van der Waals surface area contributed by atoms with Crippen LogP contribution in [0.3, 0.4) is 0 Å². The van der Waals surface area contributed by atoms with Gasteiger partial charge in [0.25, 0.3) is 5.91 Å². The van der Waals surface area contributed by atoms with Crippen LogP contribution < -0.4 is 20.1 Å². The van der Waals surface area contributed by atoms with Crippen LogP contribution in [0.25, 0.3) is 6.08 Å². The van der Waals surface area contributed by atoms with Crippen molar-refractivity contribution in [3.05, 3.63) is 94.7 Å². The van der Waals surface area contributed by atoms with Crippen molar-refractivity contribution >= 4 is 29.6 Å². The van der Waals surface area contributed by atoms with Crippen LogP contribution >= 0.6 is 0 Å². The van der Waals surface area contributed by atoms with Gasteiger partial charge in [-0.1, -0.05) is 49.4 Å². The van der Waals surface area contributed by atoms with Crippen molar-refractivity contribution in [2.24, 2.45) is 0 Å². The van der Waals surface area contributed by atoms with Crippen LogP contribution in [0.4, 0.5) is 10.5 Å². The lowest BCUT2D eigenvalue weighted by atomic mass is 10.1. The zero-order chi connectivity index (χ0) is 27.8. The molecule has 1 saturated heterocycles. The summed E-state index contributed by atoms with van der Waals surface area (Å²) < 4.78 is 11.7. The predicted octanol–water partition coefficient (Wildman–Crippen LogP) is 4.63. The third-order valence-corrected chi connectivity index (χ3v) is 6.04. The van der Waals surface area contributed by atoms with Gasteiger partial charge in [-0.25, -0.2) is 9.69 Å². The molecular weight excluding hydrogens is 496 g/mol. The molecule has 3 aromatic rings. The smallest absolute Gasteiger partial charge is 0.329 e. The summed E-state index contributed by atoms with van der Waals surface area (Å²) in [6.45, 7) is 3.95. The standard InChI is InChI=1S/C30H28N4O5/c1-3-21-9-7-8-12-24(21)32-28(35)18-34-29(36)25(33-30(34)37)15-20-13-14-26(27(16-20)38-4-2)39-19-23-11-6-5-10-22(23)17-31/h5-16H,3-4,18-19H2,1-2H3,(H,32,35)(H,33,37)/b25-15+. The number of nitriles is 1. The van der Waals surface area contributed by atoms with Gasteiger partial charge in [-0.05, 0) is 54.8 Å². The number of amides is 4. The second-order valence-electron chi connectivity index (χ2n) is 8.64. The minimum Gasteiger partial charge on any atom is -0.490 e. The number of carbonyl (C=O) groups excluding carboxylic acids is 3. The summed E-state index contributed by atoms with van der Waals surface area (Å²) in [6, 6.07) is 21.1. The van der Waals surface area contributed by atoms with E-state index < -0.39 is 24.4 Å². The van der Waals surface area contributed by atoms with E-state index in [9.17, 15) is 19.6 Å². The van der Waals surface area contributed by atoms with E-state index >= 15 is 0 Å². The Labute approximate surface area is 226 Å². The summed E-state index contributed by atoms with van der Waals surface area (Å²) >= 11 is 0. The maximum atomic E-state index is 12.9. The molecule has 39 heavy (non-hydrogen) atoms. The molecule has 0 spiro atoms. The summed E-state index contributed by atoms with van der Waals surface area (Å²) in [6.07, 6.45) is 2.25. The van der Waals surface area contributed by atoms with Crippen LogP contribution in [0, 0.1) is 11.3 Å². The monoisotopic (exact) mass is 524 g/mol. The van der Waals surface area contributed by atoms with Gasteiger partial charge >= 0.3 is 6.03 Å². The first-order valence-corrected chi connectivity index (χ1v) is 12.5. The number of imide groups is 1. The molecule has 9 nitrogen and oxygen atoms in total. The van der Waals surface area contributed by atoms with E-state index in [1.165, 1.54) is 6.08 Å². The Morgan fingerprint density at radius 2 is 1.74 bits per heavy atom. The Kier molecular flexibility index (Phi) is 8.59. The Bertz CT molecular complexity index is 1470. The normalized spacial score (nSPS) is 13.7. The van der Waals surface area contributed by atoms with E-state index in [1.807, 2.05) is 38.1 Å². The minimum atomic E-state index is -0.675. The molecule has 3 aromatic carbocycles. The van der Waals surface area contributed by atoms with Gasteiger partial charge in [-0.3, -0.25) is 9.59 Å². The quantitative estimate of drug-likeness (QED) is 0.295. The van der Waals surface area contributed by atoms with Crippen molar-refractivity contribution in [1.82, 2.24) is 10.2 Å². The summed E-state index contributed by atoms with van der Waals surface area (Å²) in [7, 11) is 0. The number of rotatable bonds is 10. The van der Waals surface area contributed by atoms with Gasteiger partial charge < -0.3 is 20.1 Å². The van der Waals surface area contributed by atoms with Gasteiger partial charge in [0.05, 0.1) is 18.2 Å². The van der Waals surface area contributed by atoms with E-state index in [0.717, 1.165) is 22.4 Å². The lowest BCUT2D eigenvalue weighted by Crippen LogP contribution is -2.38. The SMILES string of the molecule is CCOc1cc(/C=C2/NC(=O)N(CC(=O)Nc3ccccc3CC)C2=O)ccc1OCc1ccccc1C#N. The highest BCUT2D eigenvalue weighted by Crippen LogP contribution is 2.31. The molecule has 4 amide bonds. The van der Waals surface area contributed by atoms with Gasteiger partial charge in [0.2, 0.25) is 5.91 Å². The van der Waals surface area contributed by atoms with Crippen molar-refractivity contribution in [3.63, 3.8) is 0 Å². The van der Waals surface area contributed by atoms with E-state index in [-0.39, 0.29) is 12.3 Å². The summed E-state index contributed by atoms with van der Waals surface area (Å²) in [5.41, 5.74) is 3.51. The Hall–Kier alpha value is -5.10. The number of urea groups is 1. The highest BCUT2D eigenvalue weighted by molar-refractivity contribution is 6.16. The highest BCUT2D eigenvalue weighted by atomic mass is 16.5. The molecule has 1 aliphatic heterocycles. The van der Waals surface area contributed by atoms with Gasteiger partial charge in [0, 0.05) is 11.3 Å². The van der Waals surface area contributed by atoms with Crippen LogP contribution in [0.15, 0.2) is 72.4 Å². The third-order valence-electron chi connectivity index (χ3n) is 6.04. The first-order chi connectivity index (χ1) is 18.9. The fourth-order valence-electron chi connectivity index (χ4n) is 4.08. The van der Waals surface area contributed by atoms with Crippen molar-refractivity contribution in [2.75, 3.05) is 18.5 Å². The second-order valence-corrected chi connectivity index (χ2v) is 8.64. The molecule has 0 saturated carbocycles. The van der Waals surface area contributed by atoms with Crippen LogP contribution in [0.1, 0.15) is 36.1 Å². The largest absolute Gasteiger partial charge is 0.490 e. The van der Waals surface area contributed by atoms with Crippen LogP contribution in [-0.2, 0) is 22.6 Å².